The summed E-state index contributed by atoms with van der Waals surface area (Å²) in [7, 11) is 1.54. The number of carbonyl (C=O) groups is 1. The monoisotopic (exact) mass is 445 g/mol. The van der Waals surface area contributed by atoms with Gasteiger partial charge in [0.15, 0.2) is 5.65 Å². The Morgan fingerprint density at radius 1 is 1.60 bits per heavy atom. The molecule has 0 spiro atoms. The lowest BCUT2D eigenvalue weighted by molar-refractivity contribution is 0.1000. The van der Waals surface area contributed by atoms with Crippen molar-refractivity contribution in [1.82, 2.24) is 8.96 Å². The zero-order valence-electron chi connectivity index (χ0n) is 7.28. The Morgan fingerprint density at radius 2 is 2.33 bits per heavy atom. The van der Waals surface area contributed by atoms with Gasteiger partial charge in [-0.05, 0) is 28.7 Å². The minimum atomic E-state index is -0.449. The van der Waals surface area contributed by atoms with Gasteiger partial charge in [0.2, 0.25) is 5.91 Å². The predicted molar refractivity (Wildman–Crippen MR) is 78.0 cm³/mol. The second kappa shape index (κ2) is 4.45. The molecule has 0 radical (unpaired) electrons. The van der Waals surface area contributed by atoms with E-state index in [-0.39, 0.29) is 0 Å². The van der Waals surface area contributed by atoms with E-state index in [4.69, 9.17) is 5.73 Å². The molecule has 15 heavy (non-hydrogen) atoms. The van der Waals surface area contributed by atoms with Gasteiger partial charge in [0.25, 0.3) is 0 Å². The molecule has 0 atom stereocenters. The van der Waals surface area contributed by atoms with E-state index >= 15 is 0 Å². The number of carbonyl (C=O) groups excluding carboxylic acids is 1. The fraction of sp³-hybridized carbons (Fsp3) is 0. The maximum atomic E-state index is 11.0. The van der Waals surface area contributed by atoms with Crippen molar-refractivity contribution in [2.75, 3.05) is 0 Å². The van der Waals surface area contributed by atoms with Crippen molar-refractivity contribution in [3.8, 4) is 0 Å². The molecular formula is C8H5I2N3OS. The van der Waals surface area contributed by atoms with Gasteiger partial charge in [0.05, 0.1) is 5.56 Å². The molecule has 2 aromatic rings. The summed E-state index contributed by atoms with van der Waals surface area (Å²) in [6, 6.07) is 1.77. The first-order valence-corrected chi connectivity index (χ1v) is 8.28. The fourth-order valence-electron chi connectivity index (χ4n) is 1.23. The number of hydrogen-bond donors (Lipinski definition) is 1. The number of nitrogens with zero attached hydrogens (tertiary/aromatic N) is 2. The Kier molecular flexibility index (Phi) is 3.40. The predicted octanol–water partition coefficient (Wildman–Crippen LogP) is 2.59. The van der Waals surface area contributed by atoms with Gasteiger partial charge in [-0.25, -0.2) is 4.98 Å². The number of amides is 1. The van der Waals surface area contributed by atoms with Crippen LogP contribution in [0.5, 0.6) is 0 Å². The first kappa shape index (κ1) is 11.5. The van der Waals surface area contributed by atoms with Crippen molar-refractivity contribution in [2.24, 2.45) is 5.73 Å². The average Bonchev–Trinajstić information content (AvgIpc) is 2.55. The van der Waals surface area contributed by atoms with Crippen LogP contribution in [0, 0.1) is 3.57 Å². The van der Waals surface area contributed by atoms with E-state index in [1.807, 2.05) is 10.2 Å². The van der Waals surface area contributed by atoms with Crippen LogP contribution in [0.25, 0.3) is 11.0 Å². The van der Waals surface area contributed by atoms with Crippen molar-refractivity contribution in [2.45, 2.75) is 0 Å². The van der Waals surface area contributed by atoms with Gasteiger partial charge in [0.1, 0.15) is 0 Å². The summed E-state index contributed by atoms with van der Waals surface area (Å²) in [6.07, 6.45) is 3.48. The van der Waals surface area contributed by atoms with Crippen molar-refractivity contribution in [3.63, 3.8) is 0 Å². The van der Waals surface area contributed by atoms with Gasteiger partial charge >= 0.3 is 0 Å². The molecule has 0 saturated carbocycles. The van der Waals surface area contributed by atoms with E-state index in [1.165, 1.54) is 15.3 Å². The van der Waals surface area contributed by atoms with E-state index in [9.17, 15) is 4.79 Å². The van der Waals surface area contributed by atoms with Crippen LogP contribution in [0.1, 0.15) is 10.4 Å². The number of nitrogens with two attached hydrogens (primary N) is 1. The van der Waals surface area contributed by atoms with Crippen LogP contribution in [0.15, 0.2) is 18.5 Å². The number of rotatable bonds is 2. The van der Waals surface area contributed by atoms with E-state index < -0.39 is 5.91 Å². The first-order chi connectivity index (χ1) is 7.13. The minimum absolute atomic E-state index is 0.441. The molecule has 7 heteroatoms. The summed E-state index contributed by atoms with van der Waals surface area (Å²) in [5.41, 5.74) is 6.49. The lowest BCUT2D eigenvalue weighted by atomic mass is 10.2. The fourth-order valence-corrected chi connectivity index (χ4v) is 3.35. The van der Waals surface area contributed by atoms with Crippen LogP contribution < -0.4 is 5.73 Å². The number of fused-ring (bicyclic) bond motifs is 1. The number of halogens is 2. The molecule has 0 fully saturated rings. The van der Waals surface area contributed by atoms with Crippen LogP contribution in [-0.2, 0) is 0 Å². The minimum Gasteiger partial charge on any atom is -0.366 e. The zero-order valence-corrected chi connectivity index (χ0v) is 12.4. The van der Waals surface area contributed by atoms with Gasteiger partial charge < -0.3 is 5.73 Å². The second-order valence-corrected chi connectivity index (χ2v) is 5.71. The lowest BCUT2D eigenvalue weighted by Crippen LogP contribution is -2.11. The summed E-state index contributed by atoms with van der Waals surface area (Å²) in [5, 5.41) is 0.955. The molecule has 2 rings (SSSR count). The van der Waals surface area contributed by atoms with Crippen LogP contribution in [0.4, 0.5) is 0 Å². The highest BCUT2D eigenvalue weighted by Crippen LogP contribution is 2.28. The van der Waals surface area contributed by atoms with Crippen LogP contribution >= 0.6 is 52.9 Å². The normalized spacial score (nSPS) is 10.8. The molecule has 2 heterocycles. The van der Waals surface area contributed by atoms with Crippen molar-refractivity contribution in [1.29, 1.82) is 0 Å². The Labute approximate surface area is 116 Å². The highest BCUT2D eigenvalue weighted by atomic mass is 127. The summed E-state index contributed by atoms with van der Waals surface area (Å²) < 4.78 is 3.00. The van der Waals surface area contributed by atoms with Gasteiger partial charge in [-0.15, -0.1) is 0 Å². The lowest BCUT2D eigenvalue weighted by Gasteiger charge is -1.98. The molecule has 0 bridgehead atoms. The maximum Gasteiger partial charge on any atom is 0.250 e. The molecule has 2 aromatic heterocycles. The number of aromatic nitrogens is 2. The molecule has 0 aromatic carbocycles. The SMILES string of the molecule is NC(=O)c1cnc2c(c1)c(I)cn2SI. The molecule has 0 aliphatic heterocycles. The molecule has 0 saturated heterocycles. The van der Waals surface area contributed by atoms with Gasteiger partial charge in [-0.2, -0.15) is 0 Å². The topological polar surface area (TPSA) is 60.9 Å². The Hall–Kier alpha value is -0.0300. The third-order valence-electron chi connectivity index (χ3n) is 1.92. The molecule has 1 amide bonds. The van der Waals surface area contributed by atoms with Crippen LogP contribution in [-0.4, -0.2) is 14.9 Å². The van der Waals surface area contributed by atoms with E-state index in [0.717, 1.165) is 14.6 Å². The highest BCUT2D eigenvalue weighted by Gasteiger charge is 2.10. The van der Waals surface area contributed by atoms with E-state index in [0.29, 0.717) is 5.56 Å². The van der Waals surface area contributed by atoms with Crippen LogP contribution in [0.2, 0.25) is 0 Å². The summed E-state index contributed by atoms with van der Waals surface area (Å²) in [4.78, 5) is 15.2. The molecule has 2 N–H and O–H groups in total. The molecule has 78 valence electrons. The molecular weight excluding hydrogens is 440 g/mol. The highest BCUT2D eigenvalue weighted by molar-refractivity contribution is 14.2. The quantitative estimate of drug-likeness (QED) is 0.724. The van der Waals surface area contributed by atoms with Gasteiger partial charge in [0, 0.05) is 51.7 Å². The first-order valence-electron chi connectivity index (χ1n) is 3.89. The third kappa shape index (κ3) is 2.09. The second-order valence-electron chi connectivity index (χ2n) is 2.83. The number of primary amides is 1. The van der Waals surface area contributed by atoms with Crippen LogP contribution in [0.3, 0.4) is 0 Å². The Bertz CT molecular complexity index is 540. The molecule has 4 nitrogen and oxygen atoms in total. The maximum absolute atomic E-state index is 11.0. The smallest absolute Gasteiger partial charge is 0.250 e. The van der Waals surface area contributed by atoms with Crippen molar-refractivity contribution in [3.05, 3.63) is 27.6 Å². The Morgan fingerprint density at radius 3 is 2.93 bits per heavy atom. The molecule has 0 aliphatic rings. The number of hydrogen-bond acceptors (Lipinski definition) is 3. The average molecular weight is 445 g/mol. The zero-order chi connectivity index (χ0) is 11.0. The number of pyridine rings is 1. The summed E-state index contributed by atoms with van der Waals surface area (Å²) in [6.45, 7) is 0. The van der Waals surface area contributed by atoms with Gasteiger partial charge in [-0.1, -0.05) is 0 Å². The van der Waals surface area contributed by atoms with E-state index in [2.05, 4.69) is 48.8 Å². The van der Waals surface area contributed by atoms with Crippen molar-refractivity contribution >= 4 is 69.9 Å². The standard InChI is InChI=1S/C8H5I2N3OS/c9-6-3-13(15-10)8-5(6)1-4(2-12-8)7(11)14/h1-3H,(H2,11,14). The Balaban J connectivity index is 2.72. The largest absolute Gasteiger partial charge is 0.366 e. The van der Waals surface area contributed by atoms with E-state index in [1.54, 1.807) is 6.07 Å². The van der Waals surface area contributed by atoms with Crippen molar-refractivity contribution < 1.29 is 4.79 Å². The third-order valence-corrected chi connectivity index (χ3v) is 4.48. The molecule has 0 unspecified atom stereocenters. The van der Waals surface area contributed by atoms with Gasteiger partial charge in [-0.3, -0.25) is 8.77 Å². The summed E-state index contributed by atoms with van der Waals surface area (Å²) in [5.74, 6) is -0.449. The molecule has 0 aliphatic carbocycles. The summed E-state index contributed by atoms with van der Waals surface area (Å²) >= 11 is 4.39.